The summed E-state index contributed by atoms with van der Waals surface area (Å²) < 4.78 is 0. The van der Waals surface area contributed by atoms with Crippen LogP contribution in [-0.4, -0.2) is 73.1 Å². The number of anilines is 1. The number of aldehydes is 1. The quantitative estimate of drug-likeness (QED) is 0.300. The van der Waals surface area contributed by atoms with Crippen molar-refractivity contribution in [3.8, 4) is 6.07 Å². The van der Waals surface area contributed by atoms with Gasteiger partial charge in [0.05, 0.1) is 6.07 Å². The summed E-state index contributed by atoms with van der Waals surface area (Å²) in [6.07, 6.45) is 5.76. The third-order valence-electron chi connectivity index (χ3n) is 6.03. The molecule has 0 aromatic heterocycles. The Labute approximate surface area is 207 Å². The van der Waals surface area contributed by atoms with Gasteiger partial charge in [0, 0.05) is 38.8 Å². The van der Waals surface area contributed by atoms with Crippen LogP contribution >= 0.6 is 0 Å². The van der Waals surface area contributed by atoms with E-state index < -0.39 is 35.7 Å². The predicted molar refractivity (Wildman–Crippen MR) is 134 cm³/mol. The molecule has 0 spiro atoms. The minimum absolute atomic E-state index is 0.0691. The molecule has 1 aromatic carbocycles. The first-order chi connectivity index (χ1) is 16.7. The monoisotopic (exact) mass is 481 g/mol. The summed E-state index contributed by atoms with van der Waals surface area (Å²) in [6, 6.07) is 8.33. The molecular weight excluding hydrogens is 446 g/mol. The van der Waals surface area contributed by atoms with E-state index in [1.165, 1.54) is 11.9 Å². The van der Waals surface area contributed by atoms with E-state index in [2.05, 4.69) is 16.7 Å². The largest absolute Gasteiger partial charge is 0.388 e. The summed E-state index contributed by atoms with van der Waals surface area (Å²) in [5.74, 6) is -2.34. The number of likely N-dealkylation sites (N-methyl/N-ethyl adjacent to an activating group) is 1. The summed E-state index contributed by atoms with van der Waals surface area (Å²) in [5.41, 5.74) is 2.04. The van der Waals surface area contributed by atoms with Gasteiger partial charge in [0.2, 0.25) is 5.91 Å². The number of rotatable bonds is 10. The van der Waals surface area contributed by atoms with Gasteiger partial charge in [-0.3, -0.25) is 14.4 Å². The Kier molecular flexibility index (Phi) is 10.5. The second-order valence-corrected chi connectivity index (χ2v) is 9.15. The summed E-state index contributed by atoms with van der Waals surface area (Å²) in [4.78, 5) is 52.3. The summed E-state index contributed by atoms with van der Waals surface area (Å²) in [5, 5.41) is 15.1. The van der Waals surface area contributed by atoms with Crippen molar-refractivity contribution in [3.05, 3.63) is 35.9 Å². The number of amides is 3. The molecule has 2 rings (SSSR count). The number of hydrogen-bond donors (Lipinski definition) is 2. The SMILES string of the molecule is CNc1ccc(/C=C\CCNC(=O)C(=O)N(C)[C@@H](CC(C)C)C(=O)N2CC(C=O)CC2C#N)cc1. The zero-order valence-electron chi connectivity index (χ0n) is 20.9. The molecule has 35 heavy (non-hydrogen) atoms. The van der Waals surface area contributed by atoms with Crippen molar-refractivity contribution in [2.75, 3.05) is 32.5 Å². The smallest absolute Gasteiger partial charge is 0.312 e. The van der Waals surface area contributed by atoms with Crippen molar-refractivity contribution in [2.45, 2.75) is 45.2 Å². The maximum Gasteiger partial charge on any atom is 0.312 e. The van der Waals surface area contributed by atoms with Crippen molar-refractivity contribution < 1.29 is 19.2 Å². The van der Waals surface area contributed by atoms with Gasteiger partial charge in [0.1, 0.15) is 18.4 Å². The van der Waals surface area contributed by atoms with E-state index in [9.17, 15) is 24.4 Å². The highest BCUT2D eigenvalue weighted by Gasteiger charge is 2.41. The van der Waals surface area contributed by atoms with Crippen LogP contribution in [0.5, 0.6) is 0 Å². The van der Waals surface area contributed by atoms with Gasteiger partial charge in [-0.05, 0) is 42.9 Å². The number of nitrogens with one attached hydrogen (secondary N) is 2. The maximum atomic E-state index is 13.3. The molecule has 188 valence electrons. The molecule has 0 radical (unpaired) electrons. The topological polar surface area (TPSA) is 123 Å². The Hall–Kier alpha value is -3.67. The van der Waals surface area contributed by atoms with Crippen LogP contribution in [0.2, 0.25) is 0 Å². The predicted octanol–water partition coefficient (Wildman–Crippen LogP) is 2.06. The molecule has 1 heterocycles. The van der Waals surface area contributed by atoms with E-state index in [0.29, 0.717) is 12.8 Å². The number of nitrogens with zero attached hydrogens (tertiary/aromatic N) is 3. The van der Waals surface area contributed by atoms with Crippen LogP contribution in [0.4, 0.5) is 5.69 Å². The fourth-order valence-electron chi connectivity index (χ4n) is 4.02. The van der Waals surface area contributed by atoms with Gasteiger partial charge >= 0.3 is 11.8 Å². The van der Waals surface area contributed by atoms with Crippen LogP contribution in [0.3, 0.4) is 0 Å². The molecule has 1 aliphatic rings. The number of nitriles is 1. The van der Waals surface area contributed by atoms with E-state index in [4.69, 9.17) is 0 Å². The number of carbonyl (C=O) groups excluding carboxylic acids is 4. The minimum atomic E-state index is -0.894. The Balaban J connectivity index is 1.95. The van der Waals surface area contributed by atoms with Gasteiger partial charge in [0.15, 0.2) is 0 Å². The Morgan fingerprint density at radius 2 is 1.94 bits per heavy atom. The second-order valence-electron chi connectivity index (χ2n) is 9.15. The normalized spacial score (nSPS) is 18.2. The number of benzene rings is 1. The van der Waals surface area contributed by atoms with Gasteiger partial charge in [-0.25, -0.2) is 0 Å². The van der Waals surface area contributed by atoms with E-state index in [1.807, 2.05) is 57.3 Å². The minimum Gasteiger partial charge on any atom is -0.388 e. The lowest BCUT2D eigenvalue weighted by atomic mass is 10.0. The fourth-order valence-corrected chi connectivity index (χ4v) is 4.02. The lowest BCUT2D eigenvalue weighted by Crippen LogP contribution is -2.54. The van der Waals surface area contributed by atoms with E-state index in [1.54, 1.807) is 0 Å². The number of likely N-dealkylation sites (tertiary alicyclic amines) is 1. The molecule has 0 aliphatic carbocycles. The van der Waals surface area contributed by atoms with Crippen LogP contribution in [0, 0.1) is 23.2 Å². The molecule has 3 atom stereocenters. The molecular formula is C26H35N5O4. The van der Waals surface area contributed by atoms with Crippen molar-refractivity contribution in [2.24, 2.45) is 11.8 Å². The van der Waals surface area contributed by atoms with Crippen LogP contribution in [0.15, 0.2) is 30.3 Å². The molecule has 1 aromatic rings. The Morgan fingerprint density at radius 3 is 2.51 bits per heavy atom. The third kappa shape index (κ3) is 7.67. The van der Waals surface area contributed by atoms with Crippen LogP contribution in [0.1, 0.15) is 38.7 Å². The Morgan fingerprint density at radius 1 is 1.26 bits per heavy atom. The van der Waals surface area contributed by atoms with Gasteiger partial charge < -0.3 is 25.2 Å². The zero-order chi connectivity index (χ0) is 26.0. The van der Waals surface area contributed by atoms with E-state index in [-0.39, 0.29) is 25.4 Å². The highest BCUT2D eigenvalue weighted by atomic mass is 16.2. The Bertz CT molecular complexity index is 967. The van der Waals surface area contributed by atoms with Crippen molar-refractivity contribution >= 4 is 35.8 Å². The molecule has 9 nitrogen and oxygen atoms in total. The molecule has 9 heteroatoms. The highest BCUT2D eigenvalue weighted by molar-refractivity contribution is 6.35. The highest BCUT2D eigenvalue weighted by Crippen LogP contribution is 2.25. The zero-order valence-corrected chi connectivity index (χ0v) is 20.9. The molecule has 1 fully saturated rings. The maximum absolute atomic E-state index is 13.3. The third-order valence-corrected chi connectivity index (χ3v) is 6.03. The standard InChI is InChI=1S/C26H35N5O4/c1-18(2)13-23(25(34)31-16-20(17-32)14-22(31)15-27)30(4)26(35)24(33)29-12-6-5-7-19-8-10-21(28-3)11-9-19/h5,7-11,17-18,20,22-23,28H,6,12-14,16H2,1-4H3,(H,29,33)/b7-5-/t20?,22?,23-/m0/s1. The molecule has 0 bridgehead atoms. The van der Waals surface area contributed by atoms with Crippen molar-refractivity contribution in [1.29, 1.82) is 5.26 Å². The first-order valence-corrected chi connectivity index (χ1v) is 11.9. The van der Waals surface area contributed by atoms with Crippen LogP contribution in [-0.2, 0) is 19.2 Å². The van der Waals surface area contributed by atoms with Gasteiger partial charge in [-0.15, -0.1) is 0 Å². The average Bonchev–Trinajstić information content (AvgIpc) is 3.29. The van der Waals surface area contributed by atoms with Crippen LogP contribution in [0.25, 0.3) is 6.08 Å². The molecule has 3 amide bonds. The van der Waals surface area contributed by atoms with E-state index >= 15 is 0 Å². The first kappa shape index (κ1) is 27.6. The summed E-state index contributed by atoms with van der Waals surface area (Å²) in [6.45, 7) is 4.25. The number of carbonyl (C=O) groups is 4. The second kappa shape index (κ2) is 13.3. The van der Waals surface area contributed by atoms with Crippen molar-refractivity contribution in [3.63, 3.8) is 0 Å². The van der Waals surface area contributed by atoms with Gasteiger partial charge in [0.25, 0.3) is 0 Å². The fraction of sp³-hybridized carbons (Fsp3) is 0.500. The molecule has 2 unspecified atom stereocenters. The molecule has 1 aliphatic heterocycles. The lowest BCUT2D eigenvalue weighted by Gasteiger charge is -2.32. The van der Waals surface area contributed by atoms with Crippen LogP contribution < -0.4 is 10.6 Å². The average molecular weight is 482 g/mol. The van der Waals surface area contributed by atoms with Crippen molar-refractivity contribution in [1.82, 2.24) is 15.1 Å². The molecule has 2 N–H and O–H groups in total. The van der Waals surface area contributed by atoms with Gasteiger partial charge in [-0.1, -0.05) is 38.1 Å². The summed E-state index contributed by atoms with van der Waals surface area (Å²) >= 11 is 0. The number of hydrogen-bond acceptors (Lipinski definition) is 6. The van der Waals surface area contributed by atoms with E-state index in [0.717, 1.165) is 22.4 Å². The first-order valence-electron chi connectivity index (χ1n) is 11.9. The van der Waals surface area contributed by atoms with Gasteiger partial charge in [-0.2, -0.15) is 5.26 Å². The summed E-state index contributed by atoms with van der Waals surface area (Å²) in [7, 11) is 3.28. The lowest BCUT2D eigenvalue weighted by molar-refractivity contribution is -0.151. The molecule has 0 saturated carbocycles. The molecule has 1 saturated heterocycles.